The third-order valence-corrected chi connectivity index (χ3v) is 15.5. The summed E-state index contributed by atoms with van der Waals surface area (Å²) in [6.07, 6.45) is 87.1. The van der Waals surface area contributed by atoms with E-state index in [0.717, 1.165) is 89.9 Å². The zero-order chi connectivity index (χ0) is 57.1. The Hall–Kier alpha value is -2.89. The summed E-state index contributed by atoms with van der Waals surface area (Å²) in [6, 6.07) is 0. The number of hydrogen-bond acceptors (Lipinski definition) is 6. The van der Waals surface area contributed by atoms with E-state index in [9.17, 15) is 14.4 Å². The van der Waals surface area contributed by atoms with Crippen molar-refractivity contribution >= 4 is 17.9 Å². The number of ether oxygens (including phenoxy) is 3. The summed E-state index contributed by atoms with van der Waals surface area (Å²) >= 11 is 0. The summed E-state index contributed by atoms with van der Waals surface area (Å²) in [5.74, 6) is -0.908. The summed E-state index contributed by atoms with van der Waals surface area (Å²) in [6.45, 7) is 6.52. The molecule has 0 aliphatic heterocycles. The van der Waals surface area contributed by atoms with E-state index in [-0.39, 0.29) is 31.1 Å². The summed E-state index contributed by atoms with van der Waals surface area (Å²) in [7, 11) is 0. The van der Waals surface area contributed by atoms with Crippen molar-refractivity contribution in [3.63, 3.8) is 0 Å². The Bertz CT molecular complexity index is 1410. The van der Waals surface area contributed by atoms with E-state index in [2.05, 4.69) is 81.5 Å². The van der Waals surface area contributed by atoms with Gasteiger partial charge in [-0.15, -0.1) is 0 Å². The number of unbranched alkanes of at least 4 members (excludes halogenated alkanes) is 43. The van der Waals surface area contributed by atoms with Crippen molar-refractivity contribution in [3.05, 3.63) is 60.8 Å². The maximum Gasteiger partial charge on any atom is 0.306 e. The van der Waals surface area contributed by atoms with Gasteiger partial charge in [0.15, 0.2) is 6.10 Å². The lowest BCUT2D eigenvalue weighted by Crippen LogP contribution is -2.30. The molecule has 0 radical (unpaired) electrons. The molecule has 0 heterocycles. The van der Waals surface area contributed by atoms with E-state index in [1.807, 2.05) is 0 Å². The van der Waals surface area contributed by atoms with Crippen molar-refractivity contribution in [1.82, 2.24) is 0 Å². The first kappa shape index (κ1) is 76.1. The van der Waals surface area contributed by atoms with Crippen LogP contribution in [0.4, 0.5) is 0 Å². The number of rotatable bonds is 64. The zero-order valence-electron chi connectivity index (χ0n) is 52.9. The highest BCUT2D eigenvalue weighted by molar-refractivity contribution is 5.71. The van der Waals surface area contributed by atoms with Crippen LogP contribution in [0.1, 0.15) is 367 Å². The van der Waals surface area contributed by atoms with Crippen molar-refractivity contribution in [2.45, 2.75) is 374 Å². The molecule has 0 fully saturated rings. The Morgan fingerprint density at radius 1 is 0.266 bits per heavy atom. The van der Waals surface area contributed by atoms with E-state index in [1.54, 1.807) is 0 Å². The lowest BCUT2D eigenvalue weighted by Gasteiger charge is -2.18. The van der Waals surface area contributed by atoms with E-state index >= 15 is 0 Å². The number of carbonyl (C=O) groups excluding carboxylic acids is 3. The molecule has 0 aliphatic rings. The van der Waals surface area contributed by atoms with Gasteiger partial charge >= 0.3 is 17.9 Å². The second kappa shape index (κ2) is 67.6. The van der Waals surface area contributed by atoms with Gasteiger partial charge in [0.05, 0.1) is 0 Å². The molecule has 0 saturated carbocycles. The number of carbonyl (C=O) groups is 3. The van der Waals surface area contributed by atoms with Crippen LogP contribution in [0, 0.1) is 0 Å². The normalized spacial score (nSPS) is 12.4. The molecule has 6 heteroatoms. The average Bonchev–Trinajstić information content (AvgIpc) is 3.45. The SMILES string of the molecule is CC/C=C\C/C=C\C/C=C\CCCCCC(=O)OC(COC(=O)CCCCCCC/C=C\CCCCCC)COC(=O)CCCCCCCCCCCCCCCCCCCCCCCCC/C=C\CCCCCCCCCC. The van der Waals surface area contributed by atoms with E-state index in [4.69, 9.17) is 14.2 Å². The number of hydrogen-bond donors (Lipinski definition) is 0. The molecule has 1 unspecified atom stereocenters. The molecule has 0 aromatic heterocycles. The van der Waals surface area contributed by atoms with E-state index in [1.165, 1.54) is 238 Å². The first-order valence-corrected chi connectivity index (χ1v) is 34.8. The molecule has 0 aromatic rings. The quantitative estimate of drug-likeness (QED) is 0.0261. The van der Waals surface area contributed by atoms with Crippen molar-refractivity contribution in [1.29, 1.82) is 0 Å². The summed E-state index contributed by atoms with van der Waals surface area (Å²) in [5.41, 5.74) is 0. The monoisotopic (exact) mass is 1110 g/mol. The van der Waals surface area contributed by atoms with Crippen LogP contribution < -0.4 is 0 Å². The molecular formula is C73H132O6. The van der Waals surface area contributed by atoms with Crippen LogP contribution in [-0.4, -0.2) is 37.2 Å². The van der Waals surface area contributed by atoms with Gasteiger partial charge in [-0.05, 0) is 103 Å². The second-order valence-electron chi connectivity index (χ2n) is 23.4. The van der Waals surface area contributed by atoms with Gasteiger partial charge in [-0.1, -0.05) is 306 Å². The zero-order valence-corrected chi connectivity index (χ0v) is 52.9. The molecule has 0 spiro atoms. The van der Waals surface area contributed by atoms with Gasteiger partial charge in [-0.2, -0.15) is 0 Å². The first-order valence-electron chi connectivity index (χ1n) is 34.8. The predicted octanol–water partition coefficient (Wildman–Crippen LogP) is 23.9. The first-order chi connectivity index (χ1) is 39.0. The Kier molecular flexibility index (Phi) is 65.1. The van der Waals surface area contributed by atoms with Gasteiger partial charge in [0.25, 0.3) is 0 Å². The van der Waals surface area contributed by atoms with Gasteiger partial charge < -0.3 is 14.2 Å². The fourth-order valence-corrected chi connectivity index (χ4v) is 10.3. The van der Waals surface area contributed by atoms with Gasteiger partial charge in [0, 0.05) is 19.3 Å². The topological polar surface area (TPSA) is 78.9 Å². The van der Waals surface area contributed by atoms with Crippen molar-refractivity contribution < 1.29 is 28.6 Å². The van der Waals surface area contributed by atoms with Crippen LogP contribution in [0.3, 0.4) is 0 Å². The Morgan fingerprint density at radius 2 is 0.494 bits per heavy atom. The van der Waals surface area contributed by atoms with Crippen molar-refractivity contribution in [2.75, 3.05) is 13.2 Å². The maximum atomic E-state index is 12.8. The van der Waals surface area contributed by atoms with Crippen LogP contribution in [0.2, 0.25) is 0 Å². The molecule has 6 nitrogen and oxygen atoms in total. The van der Waals surface area contributed by atoms with Crippen LogP contribution in [0.5, 0.6) is 0 Å². The average molecular weight is 1110 g/mol. The maximum absolute atomic E-state index is 12.8. The molecule has 0 rings (SSSR count). The summed E-state index contributed by atoms with van der Waals surface area (Å²) < 4.78 is 16.9. The van der Waals surface area contributed by atoms with Crippen molar-refractivity contribution in [2.24, 2.45) is 0 Å². The van der Waals surface area contributed by atoms with Gasteiger partial charge in [-0.25, -0.2) is 0 Å². The summed E-state index contributed by atoms with van der Waals surface area (Å²) in [5, 5.41) is 0. The second-order valence-corrected chi connectivity index (χ2v) is 23.4. The van der Waals surface area contributed by atoms with Gasteiger partial charge in [0.1, 0.15) is 13.2 Å². The molecular weight excluding hydrogens is 973 g/mol. The minimum atomic E-state index is -0.791. The number of esters is 3. The molecule has 1 atom stereocenters. The van der Waals surface area contributed by atoms with Crippen LogP contribution >= 0.6 is 0 Å². The summed E-state index contributed by atoms with van der Waals surface area (Å²) in [4.78, 5) is 38.2. The fourth-order valence-electron chi connectivity index (χ4n) is 10.3. The predicted molar refractivity (Wildman–Crippen MR) is 344 cm³/mol. The lowest BCUT2D eigenvalue weighted by molar-refractivity contribution is -0.167. The highest BCUT2D eigenvalue weighted by Gasteiger charge is 2.19. The molecule has 0 amide bonds. The standard InChI is InChI=1S/C73H132O6/c1-4-7-10-13-16-19-22-25-26-27-28-29-30-31-32-33-34-35-36-37-38-39-40-41-42-43-44-45-46-49-51-54-57-60-63-66-72(75)78-69-70(79-73(76)67-64-61-58-55-52-48-24-21-18-15-12-9-6-3)68-77-71(74)65-62-59-56-53-50-47-23-20-17-14-11-8-5-2/h9,12,18,20-21,23,27-28,48,52,70H,4-8,10-11,13-17,19,22,24-26,29-47,49-51,53-69H2,1-3H3/b12-9-,21-18-,23-20-,28-27-,52-48-. The van der Waals surface area contributed by atoms with E-state index < -0.39 is 6.10 Å². The van der Waals surface area contributed by atoms with Gasteiger partial charge in [0.2, 0.25) is 0 Å². The Balaban J connectivity index is 4.04. The fraction of sp³-hybridized carbons (Fsp3) is 0.822. The van der Waals surface area contributed by atoms with Crippen molar-refractivity contribution in [3.8, 4) is 0 Å². The third kappa shape index (κ3) is 65.8. The van der Waals surface area contributed by atoms with Crippen LogP contribution in [0.25, 0.3) is 0 Å². The number of allylic oxidation sites excluding steroid dienone is 10. The molecule has 460 valence electrons. The molecule has 79 heavy (non-hydrogen) atoms. The molecule has 0 bridgehead atoms. The van der Waals surface area contributed by atoms with Crippen LogP contribution in [0.15, 0.2) is 60.8 Å². The minimum Gasteiger partial charge on any atom is -0.462 e. The third-order valence-electron chi connectivity index (χ3n) is 15.5. The van der Waals surface area contributed by atoms with Crippen LogP contribution in [-0.2, 0) is 28.6 Å². The highest BCUT2D eigenvalue weighted by atomic mass is 16.6. The Morgan fingerprint density at radius 3 is 0.810 bits per heavy atom. The molecule has 0 N–H and O–H groups in total. The lowest BCUT2D eigenvalue weighted by atomic mass is 10.0. The minimum absolute atomic E-state index is 0.0856. The molecule has 0 aromatic carbocycles. The molecule has 0 aliphatic carbocycles. The van der Waals surface area contributed by atoms with Gasteiger partial charge in [-0.3, -0.25) is 14.4 Å². The highest BCUT2D eigenvalue weighted by Crippen LogP contribution is 2.18. The Labute approximate surface area is 491 Å². The van der Waals surface area contributed by atoms with E-state index in [0.29, 0.717) is 19.3 Å². The largest absolute Gasteiger partial charge is 0.462 e. The molecule has 0 saturated heterocycles. The smallest absolute Gasteiger partial charge is 0.306 e.